The molecule has 1 atom stereocenters. The lowest BCUT2D eigenvalue weighted by Gasteiger charge is -2.42. The third-order valence-corrected chi connectivity index (χ3v) is 6.10. The van der Waals surface area contributed by atoms with E-state index in [9.17, 15) is 9.90 Å². The summed E-state index contributed by atoms with van der Waals surface area (Å²) in [6.07, 6.45) is 2.41. The van der Waals surface area contributed by atoms with Crippen molar-refractivity contribution in [1.29, 1.82) is 0 Å². The van der Waals surface area contributed by atoms with Crippen molar-refractivity contribution >= 4 is 5.91 Å². The van der Waals surface area contributed by atoms with E-state index in [1.54, 1.807) is 0 Å². The number of ether oxygens (including phenoxy) is 1. The maximum atomic E-state index is 12.7. The van der Waals surface area contributed by atoms with Gasteiger partial charge in [0.05, 0.1) is 12.5 Å². The molecule has 2 aliphatic heterocycles. The quantitative estimate of drug-likeness (QED) is 0.905. The van der Waals surface area contributed by atoms with Gasteiger partial charge in [0, 0.05) is 19.7 Å². The largest absolute Gasteiger partial charge is 0.381 e. The second kappa shape index (κ2) is 7.83. The van der Waals surface area contributed by atoms with Gasteiger partial charge < -0.3 is 14.7 Å². The fraction of sp³-hybridized carbons (Fsp3) is 0.435. The van der Waals surface area contributed by atoms with Gasteiger partial charge in [-0.15, -0.1) is 0 Å². The maximum Gasteiger partial charge on any atom is 0.228 e. The van der Waals surface area contributed by atoms with Crippen LogP contribution in [0.2, 0.25) is 0 Å². The first-order valence-corrected chi connectivity index (χ1v) is 9.89. The molecule has 0 unspecified atom stereocenters. The van der Waals surface area contributed by atoms with Crippen LogP contribution in [0.25, 0.3) is 0 Å². The molecule has 2 aliphatic rings. The van der Waals surface area contributed by atoms with Crippen LogP contribution in [0.15, 0.2) is 60.7 Å². The Kier molecular flexibility index (Phi) is 5.28. The molecule has 4 rings (SSSR count). The highest BCUT2D eigenvalue weighted by Crippen LogP contribution is 2.42. The number of likely N-dealkylation sites (tertiary alicyclic amines) is 1. The Morgan fingerprint density at radius 2 is 1.48 bits per heavy atom. The number of carbonyl (C=O) groups is 1. The van der Waals surface area contributed by atoms with Gasteiger partial charge in [0.2, 0.25) is 5.91 Å². The molecule has 1 N–H and O–H groups in total. The Morgan fingerprint density at radius 1 is 0.926 bits per heavy atom. The van der Waals surface area contributed by atoms with E-state index in [4.69, 9.17) is 4.74 Å². The molecular weight excluding hydrogens is 338 g/mol. The molecule has 0 spiro atoms. The van der Waals surface area contributed by atoms with Crippen LogP contribution < -0.4 is 0 Å². The fourth-order valence-corrected chi connectivity index (χ4v) is 4.53. The molecule has 142 valence electrons. The number of nitrogens with zero attached hydrogens (tertiary/aromatic N) is 1. The fourth-order valence-electron chi connectivity index (χ4n) is 4.53. The van der Waals surface area contributed by atoms with Crippen LogP contribution in [0.5, 0.6) is 0 Å². The number of amides is 1. The number of piperidine rings is 1. The summed E-state index contributed by atoms with van der Waals surface area (Å²) in [5, 5.41) is 11.9. The average Bonchev–Trinajstić information content (AvgIpc) is 3.29. The van der Waals surface area contributed by atoms with E-state index in [-0.39, 0.29) is 17.7 Å². The highest BCUT2D eigenvalue weighted by molar-refractivity contribution is 5.79. The SMILES string of the molecule is O=C([C@@H]1CCOC1)N1CCC(C(O)(c2ccccc2)c2ccccc2)CC1. The number of rotatable bonds is 4. The van der Waals surface area contributed by atoms with Crippen molar-refractivity contribution in [3.8, 4) is 0 Å². The van der Waals surface area contributed by atoms with E-state index in [1.165, 1.54) is 0 Å². The number of aliphatic hydroxyl groups is 1. The van der Waals surface area contributed by atoms with E-state index < -0.39 is 5.60 Å². The first kappa shape index (κ1) is 18.2. The van der Waals surface area contributed by atoms with E-state index in [1.807, 2.05) is 65.6 Å². The molecule has 2 aromatic rings. The monoisotopic (exact) mass is 365 g/mol. The summed E-state index contributed by atoms with van der Waals surface area (Å²) in [4.78, 5) is 14.6. The summed E-state index contributed by atoms with van der Waals surface area (Å²) in [5.74, 6) is 0.309. The van der Waals surface area contributed by atoms with Crippen molar-refractivity contribution in [2.24, 2.45) is 11.8 Å². The predicted octanol–water partition coefficient (Wildman–Crippen LogP) is 3.20. The lowest BCUT2D eigenvalue weighted by atomic mass is 9.72. The lowest BCUT2D eigenvalue weighted by Crippen LogP contribution is -2.47. The van der Waals surface area contributed by atoms with Crippen LogP contribution in [0.4, 0.5) is 0 Å². The highest BCUT2D eigenvalue weighted by atomic mass is 16.5. The minimum Gasteiger partial charge on any atom is -0.381 e. The van der Waals surface area contributed by atoms with Gasteiger partial charge in [-0.1, -0.05) is 60.7 Å². The molecule has 2 aromatic carbocycles. The smallest absolute Gasteiger partial charge is 0.228 e. The van der Waals surface area contributed by atoms with Gasteiger partial charge >= 0.3 is 0 Å². The van der Waals surface area contributed by atoms with Crippen molar-refractivity contribution in [2.75, 3.05) is 26.3 Å². The standard InChI is InChI=1S/C23H27NO3/c25-22(18-13-16-27-17-18)24-14-11-21(12-15-24)23(26,19-7-3-1-4-8-19)20-9-5-2-6-10-20/h1-10,18,21,26H,11-17H2/t18-/m1/s1. The molecule has 0 saturated carbocycles. The summed E-state index contributed by atoms with van der Waals surface area (Å²) in [7, 11) is 0. The first-order chi connectivity index (χ1) is 13.2. The minimum absolute atomic E-state index is 0.0173. The van der Waals surface area contributed by atoms with E-state index in [0.717, 1.165) is 30.4 Å². The summed E-state index contributed by atoms with van der Waals surface area (Å²) in [5.41, 5.74) is 0.809. The number of carbonyl (C=O) groups excluding carboxylic acids is 1. The van der Waals surface area contributed by atoms with E-state index in [0.29, 0.717) is 26.3 Å². The molecule has 4 nitrogen and oxygen atoms in total. The average molecular weight is 365 g/mol. The molecule has 27 heavy (non-hydrogen) atoms. The van der Waals surface area contributed by atoms with Crippen LogP contribution in [-0.2, 0) is 15.1 Å². The third kappa shape index (κ3) is 3.52. The Hall–Kier alpha value is -2.17. The minimum atomic E-state index is -1.03. The summed E-state index contributed by atoms with van der Waals surface area (Å²) < 4.78 is 5.37. The summed E-state index contributed by atoms with van der Waals surface area (Å²) >= 11 is 0. The van der Waals surface area contributed by atoms with Crippen LogP contribution in [0, 0.1) is 11.8 Å². The van der Waals surface area contributed by atoms with Gasteiger partial charge in [0.25, 0.3) is 0 Å². The number of hydrogen-bond donors (Lipinski definition) is 1. The van der Waals surface area contributed by atoms with Crippen molar-refractivity contribution in [1.82, 2.24) is 4.90 Å². The van der Waals surface area contributed by atoms with Gasteiger partial charge in [-0.3, -0.25) is 4.79 Å². The van der Waals surface area contributed by atoms with Crippen molar-refractivity contribution in [2.45, 2.75) is 24.9 Å². The van der Waals surface area contributed by atoms with Gasteiger partial charge in [-0.25, -0.2) is 0 Å². The molecule has 0 bridgehead atoms. The normalized spacial score (nSPS) is 21.4. The summed E-state index contributed by atoms with van der Waals surface area (Å²) in [6.45, 7) is 2.63. The zero-order chi connectivity index (χ0) is 18.7. The zero-order valence-corrected chi connectivity index (χ0v) is 15.6. The van der Waals surface area contributed by atoms with E-state index >= 15 is 0 Å². The van der Waals surface area contributed by atoms with Crippen LogP contribution >= 0.6 is 0 Å². The molecule has 2 saturated heterocycles. The van der Waals surface area contributed by atoms with Crippen LogP contribution in [0.1, 0.15) is 30.4 Å². The Balaban J connectivity index is 1.55. The second-order valence-corrected chi connectivity index (χ2v) is 7.66. The molecule has 1 amide bonds. The zero-order valence-electron chi connectivity index (χ0n) is 15.6. The number of hydrogen-bond acceptors (Lipinski definition) is 3. The van der Waals surface area contributed by atoms with Crippen LogP contribution in [-0.4, -0.2) is 42.2 Å². The van der Waals surface area contributed by atoms with Crippen LogP contribution in [0.3, 0.4) is 0 Å². The molecule has 2 fully saturated rings. The van der Waals surface area contributed by atoms with Gasteiger partial charge in [-0.05, 0) is 36.3 Å². The molecule has 0 aromatic heterocycles. The Morgan fingerprint density at radius 3 is 1.96 bits per heavy atom. The molecular formula is C23H27NO3. The van der Waals surface area contributed by atoms with Crippen molar-refractivity contribution in [3.05, 3.63) is 71.8 Å². The lowest BCUT2D eigenvalue weighted by molar-refractivity contribution is -0.138. The molecule has 4 heteroatoms. The molecule has 2 heterocycles. The second-order valence-electron chi connectivity index (χ2n) is 7.66. The van der Waals surface area contributed by atoms with Crippen molar-refractivity contribution < 1.29 is 14.6 Å². The Labute approximate surface area is 160 Å². The topological polar surface area (TPSA) is 49.8 Å². The maximum absolute atomic E-state index is 12.7. The first-order valence-electron chi connectivity index (χ1n) is 9.89. The molecule has 0 radical (unpaired) electrons. The summed E-state index contributed by atoms with van der Waals surface area (Å²) in [6, 6.07) is 19.8. The molecule has 0 aliphatic carbocycles. The highest BCUT2D eigenvalue weighted by Gasteiger charge is 2.42. The predicted molar refractivity (Wildman–Crippen MR) is 104 cm³/mol. The van der Waals surface area contributed by atoms with Crippen molar-refractivity contribution in [3.63, 3.8) is 0 Å². The van der Waals surface area contributed by atoms with Gasteiger partial charge in [-0.2, -0.15) is 0 Å². The van der Waals surface area contributed by atoms with Gasteiger partial charge in [0.1, 0.15) is 5.60 Å². The van der Waals surface area contributed by atoms with E-state index in [2.05, 4.69) is 0 Å². The Bertz CT molecular complexity index is 708. The third-order valence-electron chi connectivity index (χ3n) is 6.10. The van der Waals surface area contributed by atoms with Gasteiger partial charge in [0.15, 0.2) is 0 Å². The number of benzene rings is 2.